The second-order valence-corrected chi connectivity index (χ2v) is 7.53. The van der Waals surface area contributed by atoms with E-state index in [9.17, 15) is 18.5 Å². The van der Waals surface area contributed by atoms with Gasteiger partial charge in [-0.15, -0.1) is 0 Å². The Morgan fingerprint density at radius 2 is 1.95 bits per heavy atom. The molecule has 0 radical (unpaired) electrons. The Bertz CT molecular complexity index is 589. The third-order valence-corrected chi connectivity index (χ3v) is 5.61. The Kier molecular flexibility index (Phi) is 4.22. The zero-order chi connectivity index (χ0) is 14.0. The molecule has 0 aliphatic carbocycles. The second kappa shape index (κ2) is 5.56. The Hall–Kier alpha value is -0.990. The fourth-order valence-corrected chi connectivity index (χ4v) is 3.79. The topological polar surface area (TPSA) is 80.5 Å². The summed E-state index contributed by atoms with van der Waals surface area (Å²) in [5.41, 5.74) is 0.829. The minimum absolute atomic E-state index is 0.0298. The number of halogens is 1. The van der Waals surface area contributed by atoms with Crippen molar-refractivity contribution in [2.24, 2.45) is 0 Å². The zero-order valence-electron chi connectivity index (χ0n) is 10.1. The first-order valence-electron chi connectivity index (χ1n) is 5.73. The standard InChI is InChI=1S/C11H13BrN2O4S/c12-11-9(2-1-3-10(11)14(15)16)8-13-4-6-19(17,18)7-5-13/h1-3H,4-8H2. The van der Waals surface area contributed by atoms with E-state index >= 15 is 0 Å². The molecule has 0 atom stereocenters. The molecule has 0 N–H and O–H groups in total. The van der Waals surface area contributed by atoms with Gasteiger partial charge in [-0.1, -0.05) is 12.1 Å². The number of nitro groups is 1. The Labute approximate surface area is 119 Å². The molecule has 104 valence electrons. The van der Waals surface area contributed by atoms with Crippen molar-refractivity contribution < 1.29 is 13.3 Å². The van der Waals surface area contributed by atoms with Gasteiger partial charge in [0.1, 0.15) is 0 Å². The molecule has 1 fully saturated rings. The zero-order valence-corrected chi connectivity index (χ0v) is 12.5. The summed E-state index contributed by atoms with van der Waals surface area (Å²) in [5, 5.41) is 10.8. The van der Waals surface area contributed by atoms with Crippen LogP contribution in [0, 0.1) is 10.1 Å². The number of sulfone groups is 1. The van der Waals surface area contributed by atoms with Gasteiger partial charge >= 0.3 is 0 Å². The summed E-state index contributed by atoms with van der Waals surface area (Å²) in [6.45, 7) is 1.45. The van der Waals surface area contributed by atoms with E-state index in [1.165, 1.54) is 6.07 Å². The summed E-state index contributed by atoms with van der Waals surface area (Å²) in [6, 6.07) is 4.88. The normalized spacial score (nSPS) is 19.2. The van der Waals surface area contributed by atoms with Gasteiger partial charge in [-0.05, 0) is 21.5 Å². The lowest BCUT2D eigenvalue weighted by atomic mass is 10.2. The Morgan fingerprint density at radius 1 is 1.32 bits per heavy atom. The number of benzene rings is 1. The van der Waals surface area contributed by atoms with Crippen LogP contribution >= 0.6 is 15.9 Å². The molecule has 1 aliphatic rings. The van der Waals surface area contributed by atoms with Crippen molar-refractivity contribution in [1.82, 2.24) is 4.90 Å². The average molecular weight is 349 g/mol. The fourth-order valence-electron chi connectivity index (χ4n) is 1.98. The van der Waals surface area contributed by atoms with E-state index in [2.05, 4.69) is 15.9 Å². The maximum atomic E-state index is 11.3. The lowest BCUT2D eigenvalue weighted by Crippen LogP contribution is -2.39. The van der Waals surface area contributed by atoms with Gasteiger partial charge in [0.2, 0.25) is 0 Å². The van der Waals surface area contributed by atoms with Crippen molar-refractivity contribution in [2.75, 3.05) is 24.6 Å². The molecule has 2 rings (SSSR count). The van der Waals surface area contributed by atoms with Crippen LogP contribution in [0.4, 0.5) is 5.69 Å². The van der Waals surface area contributed by atoms with Gasteiger partial charge in [0.15, 0.2) is 9.84 Å². The monoisotopic (exact) mass is 348 g/mol. The van der Waals surface area contributed by atoms with Crippen molar-refractivity contribution in [3.05, 3.63) is 38.3 Å². The summed E-state index contributed by atoms with van der Waals surface area (Å²) in [6.07, 6.45) is 0. The van der Waals surface area contributed by atoms with Crippen LogP contribution in [0.2, 0.25) is 0 Å². The molecule has 1 aromatic rings. The third kappa shape index (κ3) is 3.52. The minimum atomic E-state index is -2.90. The van der Waals surface area contributed by atoms with Gasteiger partial charge < -0.3 is 0 Å². The Balaban J connectivity index is 2.12. The molecule has 0 aromatic heterocycles. The lowest BCUT2D eigenvalue weighted by Gasteiger charge is -2.26. The van der Waals surface area contributed by atoms with Gasteiger partial charge in [0.25, 0.3) is 5.69 Å². The van der Waals surface area contributed by atoms with Gasteiger partial charge in [-0.2, -0.15) is 0 Å². The number of rotatable bonds is 3. The van der Waals surface area contributed by atoms with Crippen LogP contribution in [0.5, 0.6) is 0 Å². The fraction of sp³-hybridized carbons (Fsp3) is 0.455. The minimum Gasteiger partial charge on any atom is -0.297 e. The number of hydrogen-bond donors (Lipinski definition) is 0. The quantitative estimate of drug-likeness (QED) is 0.612. The van der Waals surface area contributed by atoms with Crippen LogP contribution in [0.25, 0.3) is 0 Å². The van der Waals surface area contributed by atoms with Crippen molar-refractivity contribution >= 4 is 31.5 Å². The molecule has 0 amide bonds. The molecule has 1 heterocycles. The lowest BCUT2D eigenvalue weighted by molar-refractivity contribution is -0.385. The third-order valence-electron chi connectivity index (χ3n) is 3.09. The van der Waals surface area contributed by atoms with E-state index in [0.717, 1.165) is 5.56 Å². The second-order valence-electron chi connectivity index (χ2n) is 4.44. The van der Waals surface area contributed by atoms with E-state index in [0.29, 0.717) is 24.1 Å². The predicted molar refractivity (Wildman–Crippen MR) is 74.7 cm³/mol. The number of nitrogens with zero attached hydrogens (tertiary/aromatic N) is 2. The first kappa shape index (κ1) is 14.4. The van der Waals surface area contributed by atoms with Crippen LogP contribution in [0.15, 0.2) is 22.7 Å². The highest BCUT2D eigenvalue weighted by Crippen LogP contribution is 2.29. The van der Waals surface area contributed by atoms with Crippen molar-refractivity contribution in [3.63, 3.8) is 0 Å². The van der Waals surface area contributed by atoms with Crippen molar-refractivity contribution in [3.8, 4) is 0 Å². The van der Waals surface area contributed by atoms with Crippen LogP contribution in [0.3, 0.4) is 0 Å². The van der Waals surface area contributed by atoms with Gasteiger partial charge in [-0.25, -0.2) is 8.42 Å². The molecule has 1 aliphatic heterocycles. The van der Waals surface area contributed by atoms with Gasteiger partial charge in [0.05, 0.1) is 20.9 Å². The molecule has 0 unspecified atom stereocenters. The van der Waals surface area contributed by atoms with E-state index in [4.69, 9.17) is 0 Å². The summed E-state index contributed by atoms with van der Waals surface area (Å²) in [4.78, 5) is 12.4. The van der Waals surface area contributed by atoms with E-state index in [1.54, 1.807) is 12.1 Å². The van der Waals surface area contributed by atoms with E-state index < -0.39 is 14.8 Å². The first-order valence-corrected chi connectivity index (χ1v) is 8.35. The summed E-state index contributed by atoms with van der Waals surface area (Å²) in [5.74, 6) is 0.305. The molecule has 6 nitrogen and oxygen atoms in total. The predicted octanol–water partition coefficient (Wildman–Crippen LogP) is 1.59. The van der Waals surface area contributed by atoms with E-state index in [-0.39, 0.29) is 17.2 Å². The number of hydrogen-bond acceptors (Lipinski definition) is 5. The average Bonchev–Trinajstić information content (AvgIpc) is 2.34. The van der Waals surface area contributed by atoms with Crippen LogP contribution < -0.4 is 0 Å². The van der Waals surface area contributed by atoms with Crippen molar-refractivity contribution in [1.29, 1.82) is 0 Å². The number of nitro benzene ring substituents is 1. The van der Waals surface area contributed by atoms with Crippen LogP contribution in [-0.4, -0.2) is 42.8 Å². The van der Waals surface area contributed by atoms with Gasteiger partial charge in [0, 0.05) is 25.7 Å². The molecule has 19 heavy (non-hydrogen) atoms. The molecular weight excluding hydrogens is 336 g/mol. The highest BCUT2D eigenvalue weighted by Gasteiger charge is 2.23. The van der Waals surface area contributed by atoms with Crippen molar-refractivity contribution in [2.45, 2.75) is 6.54 Å². The SMILES string of the molecule is O=[N+]([O-])c1cccc(CN2CCS(=O)(=O)CC2)c1Br. The Morgan fingerprint density at radius 3 is 2.53 bits per heavy atom. The first-order chi connectivity index (χ1) is 8.89. The van der Waals surface area contributed by atoms with Crippen LogP contribution in [0.1, 0.15) is 5.56 Å². The van der Waals surface area contributed by atoms with E-state index in [1.807, 2.05) is 4.90 Å². The molecule has 0 saturated carbocycles. The summed E-state index contributed by atoms with van der Waals surface area (Å²) < 4.78 is 23.1. The smallest absolute Gasteiger partial charge is 0.283 e. The molecule has 1 saturated heterocycles. The molecule has 0 spiro atoms. The van der Waals surface area contributed by atoms with Crippen LogP contribution in [-0.2, 0) is 16.4 Å². The summed E-state index contributed by atoms with van der Waals surface area (Å²) >= 11 is 3.24. The highest BCUT2D eigenvalue weighted by molar-refractivity contribution is 9.10. The maximum absolute atomic E-state index is 11.3. The highest BCUT2D eigenvalue weighted by atomic mass is 79.9. The largest absolute Gasteiger partial charge is 0.297 e. The molecule has 1 aromatic carbocycles. The van der Waals surface area contributed by atoms with Gasteiger partial charge in [-0.3, -0.25) is 15.0 Å². The molecule has 8 heteroatoms. The summed E-state index contributed by atoms with van der Waals surface area (Å²) in [7, 11) is -2.90. The molecular formula is C11H13BrN2O4S. The maximum Gasteiger partial charge on any atom is 0.283 e. The molecule has 0 bridgehead atoms.